The van der Waals surface area contributed by atoms with Crippen molar-refractivity contribution in [3.63, 3.8) is 0 Å². The van der Waals surface area contributed by atoms with Crippen molar-refractivity contribution in [3.05, 3.63) is 54.1 Å². The van der Waals surface area contributed by atoms with Gasteiger partial charge >= 0.3 is 0 Å². The van der Waals surface area contributed by atoms with Gasteiger partial charge in [0.05, 0.1) is 13.3 Å². The van der Waals surface area contributed by atoms with Crippen LogP contribution in [0.25, 0.3) is 0 Å². The van der Waals surface area contributed by atoms with Gasteiger partial charge in [0.2, 0.25) is 0 Å². The predicted molar refractivity (Wildman–Crippen MR) is 109 cm³/mol. The second kappa shape index (κ2) is 10.2. The van der Waals surface area contributed by atoms with Gasteiger partial charge in [0.1, 0.15) is 11.4 Å². The zero-order valence-corrected chi connectivity index (χ0v) is 16.9. The van der Waals surface area contributed by atoms with Crippen molar-refractivity contribution in [2.24, 2.45) is 5.92 Å². The molecule has 1 aromatic heterocycles. The first-order valence-electron chi connectivity index (χ1n) is 10.1. The molecule has 1 aromatic carbocycles. The van der Waals surface area contributed by atoms with Gasteiger partial charge in [0, 0.05) is 38.6 Å². The summed E-state index contributed by atoms with van der Waals surface area (Å²) in [5, 5.41) is 0. The fraction of sp³-hybridized carbons (Fsp3) is 0.500. The number of amides is 1. The second-order valence-corrected chi connectivity index (χ2v) is 7.34. The highest BCUT2D eigenvalue weighted by atomic mass is 16.5. The van der Waals surface area contributed by atoms with Crippen LogP contribution in [0, 0.1) is 5.92 Å². The van der Waals surface area contributed by atoms with Gasteiger partial charge in [0.15, 0.2) is 0 Å². The van der Waals surface area contributed by atoms with Crippen molar-refractivity contribution in [3.8, 4) is 5.75 Å². The molecule has 0 radical (unpaired) electrons. The van der Waals surface area contributed by atoms with E-state index in [-0.39, 0.29) is 5.91 Å². The van der Waals surface area contributed by atoms with E-state index in [1.807, 2.05) is 24.0 Å². The van der Waals surface area contributed by atoms with Gasteiger partial charge in [-0.1, -0.05) is 12.1 Å². The highest BCUT2D eigenvalue weighted by Crippen LogP contribution is 2.20. The molecule has 2 heterocycles. The van der Waals surface area contributed by atoms with E-state index in [1.54, 1.807) is 25.7 Å². The summed E-state index contributed by atoms with van der Waals surface area (Å²) < 4.78 is 5.32. The lowest BCUT2D eigenvalue weighted by molar-refractivity contribution is 0.0684. The Morgan fingerprint density at radius 3 is 3.00 bits per heavy atom. The number of aromatic nitrogens is 2. The summed E-state index contributed by atoms with van der Waals surface area (Å²) in [4.78, 5) is 25.3. The van der Waals surface area contributed by atoms with Crippen molar-refractivity contribution < 1.29 is 9.53 Å². The summed E-state index contributed by atoms with van der Waals surface area (Å²) >= 11 is 0. The van der Waals surface area contributed by atoms with Gasteiger partial charge in [-0.25, -0.2) is 4.98 Å². The molecule has 0 unspecified atom stereocenters. The third-order valence-electron chi connectivity index (χ3n) is 5.38. The molecule has 6 heteroatoms. The number of rotatable bonds is 8. The van der Waals surface area contributed by atoms with E-state index in [4.69, 9.17) is 4.74 Å². The average Bonchev–Trinajstić information content (AvgIpc) is 2.76. The zero-order valence-electron chi connectivity index (χ0n) is 16.9. The van der Waals surface area contributed by atoms with Crippen molar-refractivity contribution in [1.82, 2.24) is 19.8 Å². The standard InChI is InChI=1S/C22H30N4O2/c1-3-26(22(27)21-15-23-10-11-24-21)17-19-7-5-12-25(16-19)13-9-18-6-4-8-20(14-18)28-2/h4,6,8,10-11,14-15,19H,3,5,7,9,12-13,16-17H2,1-2H3/t19-/m1/s1. The van der Waals surface area contributed by atoms with Crippen LogP contribution in [0.1, 0.15) is 35.8 Å². The smallest absolute Gasteiger partial charge is 0.274 e. The van der Waals surface area contributed by atoms with Gasteiger partial charge in [-0.3, -0.25) is 9.78 Å². The Balaban J connectivity index is 1.52. The molecule has 1 aliphatic rings. The lowest BCUT2D eigenvalue weighted by Gasteiger charge is -2.35. The summed E-state index contributed by atoms with van der Waals surface area (Å²) in [6, 6.07) is 8.29. The normalized spacial score (nSPS) is 17.3. The molecule has 0 N–H and O–H groups in total. The first-order valence-corrected chi connectivity index (χ1v) is 10.1. The maximum Gasteiger partial charge on any atom is 0.274 e. The molecule has 1 fully saturated rings. The molecular formula is C22H30N4O2. The van der Waals surface area contributed by atoms with E-state index in [9.17, 15) is 4.79 Å². The summed E-state index contributed by atoms with van der Waals surface area (Å²) in [7, 11) is 1.70. The molecule has 0 spiro atoms. The van der Waals surface area contributed by atoms with Gasteiger partial charge in [0.25, 0.3) is 5.91 Å². The molecule has 1 aliphatic heterocycles. The number of benzene rings is 1. The van der Waals surface area contributed by atoms with Gasteiger partial charge < -0.3 is 14.5 Å². The summed E-state index contributed by atoms with van der Waals surface area (Å²) in [6.07, 6.45) is 8.07. The summed E-state index contributed by atoms with van der Waals surface area (Å²) in [5.74, 6) is 1.39. The number of carbonyl (C=O) groups is 1. The zero-order chi connectivity index (χ0) is 19.8. The van der Waals surface area contributed by atoms with E-state index >= 15 is 0 Å². The Kier molecular flexibility index (Phi) is 7.37. The number of hydrogen-bond donors (Lipinski definition) is 0. The molecular weight excluding hydrogens is 352 g/mol. The average molecular weight is 383 g/mol. The largest absolute Gasteiger partial charge is 0.497 e. The van der Waals surface area contributed by atoms with Crippen LogP contribution in [-0.4, -0.2) is 65.5 Å². The number of methoxy groups -OCH3 is 1. The summed E-state index contributed by atoms with van der Waals surface area (Å²) in [6.45, 7) is 6.70. The fourth-order valence-electron chi connectivity index (χ4n) is 3.86. The number of carbonyl (C=O) groups excluding carboxylic acids is 1. The molecule has 150 valence electrons. The van der Waals surface area contributed by atoms with Crippen molar-refractivity contribution >= 4 is 5.91 Å². The van der Waals surface area contributed by atoms with Crippen LogP contribution < -0.4 is 4.74 Å². The first kappa shape index (κ1) is 20.3. The fourth-order valence-corrected chi connectivity index (χ4v) is 3.86. The molecule has 1 saturated heterocycles. The van der Waals surface area contributed by atoms with E-state index in [1.165, 1.54) is 18.4 Å². The van der Waals surface area contributed by atoms with Gasteiger partial charge in [-0.15, -0.1) is 0 Å². The van der Waals surface area contributed by atoms with Crippen LogP contribution in [0.5, 0.6) is 5.75 Å². The van der Waals surface area contributed by atoms with Crippen LogP contribution >= 0.6 is 0 Å². The minimum atomic E-state index is -0.0240. The minimum absolute atomic E-state index is 0.0240. The number of likely N-dealkylation sites (tertiary alicyclic amines) is 1. The van der Waals surface area contributed by atoms with Gasteiger partial charge in [-0.05, 0) is 56.3 Å². The lowest BCUT2D eigenvalue weighted by Crippen LogP contribution is -2.43. The quantitative estimate of drug-likeness (QED) is 0.703. The number of nitrogens with zero attached hydrogens (tertiary/aromatic N) is 4. The second-order valence-electron chi connectivity index (χ2n) is 7.34. The molecule has 1 amide bonds. The molecule has 0 saturated carbocycles. The molecule has 28 heavy (non-hydrogen) atoms. The van der Waals surface area contributed by atoms with Crippen LogP contribution in [0.15, 0.2) is 42.9 Å². The van der Waals surface area contributed by atoms with Crippen molar-refractivity contribution in [2.75, 3.05) is 39.8 Å². The van der Waals surface area contributed by atoms with E-state index in [0.29, 0.717) is 18.2 Å². The Hall–Kier alpha value is -2.47. The SMILES string of the molecule is CCN(C[C@@H]1CCCN(CCc2cccc(OC)c2)C1)C(=O)c1cnccn1. The number of piperidine rings is 1. The van der Waals surface area contributed by atoms with Crippen LogP contribution in [-0.2, 0) is 6.42 Å². The van der Waals surface area contributed by atoms with Crippen LogP contribution in [0.3, 0.4) is 0 Å². The predicted octanol–water partition coefficient (Wildman–Crippen LogP) is 2.90. The highest BCUT2D eigenvalue weighted by molar-refractivity contribution is 5.91. The maximum atomic E-state index is 12.7. The third-order valence-corrected chi connectivity index (χ3v) is 5.38. The summed E-state index contributed by atoms with van der Waals surface area (Å²) in [5.41, 5.74) is 1.73. The van der Waals surface area contributed by atoms with Gasteiger partial charge in [-0.2, -0.15) is 0 Å². The van der Waals surface area contributed by atoms with Crippen molar-refractivity contribution in [1.29, 1.82) is 0 Å². The van der Waals surface area contributed by atoms with E-state index in [2.05, 4.69) is 27.0 Å². The molecule has 2 aromatic rings. The molecule has 1 atom stereocenters. The monoisotopic (exact) mass is 382 g/mol. The minimum Gasteiger partial charge on any atom is -0.497 e. The van der Waals surface area contributed by atoms with E-state index in [0.717, 1.165) is 38.3 Å². The third kappa shape index (κ3) is 5.52. The molecule has 3 rings (SSSR count). The topological polar surface area (TPSA) is 58.6 Å². The number of hydrogen-bond acceptors (Lipinski definition) is 5. The lowest BCUT2D eigenvalue weighted by atomic mass is 9.96. The Labute approximate surface area is 167 Å². The Bertz CT molecular complexity index is 753. The van der Waals surface area contributed by atoms with Crippen molar-refractivity contribution in [2.45, 2.75) is 26.2 Å². The van der Waals surface area contributed by atoms with Crippen LogP contribution in [0.2, 0.25) is 0 Å². The van der Waals surface area contributed by atoms with Crippen LogP contribution in [0.4, 0.5) is 0 Å². The Morgan fingerprint density at radius 2 is 2.25 bits per heavy atom. The maximum absolute atomic E-state index is 12.7. The molecule has 0 aliphatic carbocycles. The Morgan fingerprint density at radius 1 is 1.36 bits per heavy atom. The first-order chi connectivity index (χ1) is 13.7. The molecule has 6 nitrogen and oxygen atoms in total. The molecule has 0 bridgehead atoms. The number of ether oxygens (including phenoxy) is 1. The highest BCUT2D eigenvalue weighted by Gasteiger charge is 2.24. The van der Waals surface area contributed by atoms with E-state index < -0.39 is 0 Å².